The van der Waals surface area contributed by atoms with Gasteiger partial charge in [-0.15, -0.1) is 0 Å². The lowest BCUT2D eigenvalue weighted by Gasteiger charge is -2.30. The molecule has 0 aliphatic heterocycles. The van der Waals surface area contributed by atoms with Crippen LogP contribution in [0.5, 0.6) is 5.75 Å². The highest BCUT2D eigenvalue weighted by Crippen LogP contribution is 2.41. The summed E-state index contributed by atoms with van der Waals surface area (Å²) in [5, 5.41) is 14.5. The molecule has 2 unspecified atom stereocenters. The lowest BCUT2D eigenvalue weighted by molar-refractivity contribution is -0.117. The fourth-order valence-corrected chi connectivity index (χ4v) is 4.51. The number of ether oxygens (including phenoxy) is 2. The van der Waals surface area contributed by atoms with Gasteiger partial charge in [0.15, 0.2) is 0 Å². The Morgan fingerprint density at radius 3 is 2.48 bits per heavy atom. The zero-order chi connectivity index (χ0) is 21.4. The number of rotatable bonds is 9. The van der Waals surface area contributed by atoms with Crippen LogP contribution in [0.2, 0.25) is 0 Å². The van der Waals surface area contributed by atoms with Crippen LogP contribution < -0.4 is 10.1 Å². The molecule has 31 heavy (non-hydrogen) atoms. The largest absolute Gasteiger partial charge is 0.494 e. The number of nitrogens with one attached hydrogen (secondary N) is 1. The van der Waals surface area contributed by atoms with Gasteiger partial charge in [-0.2, -0.15) is 0 Å². The van der Waals surface area contributed by atoms with Crippen LogP contribution in [-0.2, 0) is 4.74 Å². The van der Waals surface area contributed by atoms with Crippen molar-refractivity contribution in [1.82, 2.24) is 4.57 Å². The van der Waals surface area contributed by atoms with Gasteiger partial charge in [-0.25, -0.2) is 0 Å². The molecule has 5 rings (SSSR count). The minimum absolute atomic E-state index is 0.0848. The van der Waals surface area contributed by atoms with Gasteiger partial charge in [0.2, 0.25) is 6.41 Å². The van der Waals surface area contributed by atoms with Crippen molar-refractivity contribution < 1.29 is 14.6 Å². The maximum absolute atomic E-state index is 10.2. The summed E-state index contributed by atoms with van der Waals surface area (Å²) < 4.78 is 13.9. The number of anilines is 1. The summed E-state index contributed by atoms with van der Waals surface area (Å²) in [6.45, 7) is 4.72. The molecular formula is C26H32N2O3. The van der Waals surface area contributed by atoms with Gasteiger partial charge in [0.25, 0.3) is 0 Å². The van der Waals surface area contributed by atoms with Crippen LogP contribution in [0, 0.1) is 5.92 Å². The predicted molar refractivity (Wildman–Crippen MR) is 124 cm³/mol. The molecule has 0 spiro atoms. The maximum atomic E-state index is 10.2. The molecule has 2 aromatic carbocycles. The topological polar surface area (TPSA) is 55.6 Å². The van der Waals surface area contributed by atoms with E-state index in [-0.39, 0.29) is 6.10 Å². The molecule has 2 N–H and O–H groups in total. The second-order valence-corrected chi connectivity index (χ2v) is 8.89. The van der Waals surface area contributed by atoms with Gasteiger partial charge in [0, 0.05) is 28.9 Å². The van der Waals surface area contributed by atoms with Gasteiger partial charge >= 0.3 is 0 Å². The van der Waals surface area contributed by atoms with Crippen molar-refractivity contribution in [2.24, 2.45) is 5.92 Å². The molecule has 2 aliphatic rings. The smallest absolute Gasteiger partial charge is 0.235 e. The van der Waals surface area contributed by atoms with Crippen molar-refractivity contribution in [2.45, 2.75) is 64.5 Å². The van der Waals surface area contributed by atoms with Gasteiger partial charge < -0.3 is 24.5 Å². The third kappa shape index (κ3) is 4.30. The molecular weight excluding hydrogens is 388 g/mol. The first-order valence-corrected chi connectivity index (χ1v) is 11.6. The van der Waals surface area contributed by atoms with Gasteiger partial charge in [-0.05, 0) is 87.8 Å². The Morgan fingerprint density at radius 1 is 1.06 bits per heavy atom. The number of aromatic nitrogens is 1. The van der Waals surface area contributed by atoms with E-state index < -0.39 is 6.41 Å². The Morgan fingerprint density at radius 2 is 1.84 bits per heavy atom. The molecule has 164 valence electrons. The molecule has 5 nitrogen and oxygen atoms in total. The second kappa shape index (κ2) is 8.56. The second-order valence-electron chi connectivity index (χ2n) is 8.89. The van der Waals surface area contributed by atoms with Crippen molar-refractivity contribution in [1.29, 1.82) is 0 Å². The first kappa shape index (κ1) is 20.4. The summed E-state index contributed by atoms with van der Waals surface area (Å²) >= 11 is 0. The Kier molecular flexibility index (Phi) is 5.63. The number of benzene rings is 2. The molecule has 0 radical (unpaired) electrons. The third-order valence-corrected chi connectivity index (χ3v) is 6.66. The van der Waals surface area contributed by atoms with Gasteiger partial charge in [0.1, 0.15) is 5.75 Å². The van der Waals surface area contributed by atoms with Crippen LogP contribution in [0.15, 0.2) is 48.5 Å². The predicted octanol–water partition coefficient (Wildman–Crippen LogP) is 5.93. The SMILES string of the molecule is CCOc1ccc2cc(-c3ccc(NC(O)OC(C)C4CC4)cc3)n(C3CCC3)c2c1. The molecule has 2 fully saturated rings. The molecule has 2 atom stereocenters. The standard InChI is InChI=1S/C26H32N2O3/c1-3-30-23-14-11-20-15-24(28(25(20)16-23)22-5-4-6-22)19-9-12-21(13-10-19)27-26(29)31-17(2)18-7-8-18/h9-18,22,26-27,29H,3-8H2,1-2H3. The van der Waals surface area contributed by atoms with Crippen molar-refractivity contribution in [2.75, 3.05) is 11.9 Å². The molecule has 2 saturated carbocycles. The zero-order valence-corrected chi connectivity index (χ0v) is 18.4. The summed E-state index contributed by atoms with van der Waals surface area (Å²) in [5.74, 6) is 1.52. The average Bonchev–Trinajstić information content (AvgIpc) is 3.51. The number of aliphatic hydroxyl groups is 1. The van der Waals surface area contributed by atoms with E-state index in [9.17, 15) is 5.11 Å². The van der Waals surface area contributed by atoms with E-state index in [0.717, 1.165) is 11.4 Å². The minimum atomic E-state index is -0.986. The number of nitrogens with zero attached hydrogens (tertiary/aromatic N) is 1. The van der Waals surface area contributed by atoms with Crippen LogP contribution in [0.3, 0.4) is 0 Å². The van der Waals surface area contributed by atoms with Crippen molar-refractivity contribution >= 4 is 16.6 Å². The lowest BCUT2D eigenvalue weighted by Crippen LogP contribution is -2.28. The molecule has 5 heteroatoms. The van der Waals surface area contributed by atoms with E-state index in [2.05, 4.69) is 46.3 Å². The quantitative estimate of drug-likeness (QED) is 0.421. The van der Waals surface area contributed by atoms with Crippen molar-refractivity contribution in [3.8, 4) is 17.0 Å². The number of hydrogen-bond donors (Lipinski definition) is 2. The maximum Gasteiger partial charge on any atom is 0.235 e. The van der Waals surface area contributed by atoms with Gasteiger partial charge in [0.05, 0.1) is 18.2 Å². The first-order chi connectivity index (χ1) is 15.1. The summed E-state index contributed by atoms with van der Waals surface area (Å²) in [6.07, 6.45) is 5.22. The van der Waals surface area contributed by atoms with Crippen molar-refractivity contribution in [3.05, 3.63) is 48.5 Å². The van der Waals surface area contributed by atoms with Crippen LogP contribution in [-0.4, -0.2) is 28.8 Å². The molecule has 3 aromatic rings. The Balaban J connectivity index is 1.39. The van der Waals surface area contributed by atoms with E-state index in [1.807, 2.05) is 26.0 Å². The molecule has 0 bridgehead atoms. The van der Waals surface area contributed by atoms with E-state index in [1.54, 1.807) is 0 Å². The van der Waals surface area contributed by atoms with E-state index in [0.29, 0.717) is 18.6 Å². The summed E-state index contributed by atoms with van der Waals surface area (Å²) in [5.41, 5.74) is 4.50. The Hall–Kier alpha value is -2.50. The highest BCUT2D eigenvalue weighted by atomic mass is 16.6. The van der Waals surface area contributed by atoms with E-state index >= 15 is 0 Å². The average molecular weight is 421 g/mol. The van der Waals surface area contributed by atoms with E-state index in [4.69, 9.17) is 9.47 Å². The van der Waals surface area contributed by atoms with Gasteiger partial charge in [-0.1, -0.05) is 12.1 Å². The Labute approximate surface area is 184 Å². The molecule has 0 amide bonds. The summed E-state index contributed by atoms with van der Waals surface area (Å²) in [6, 6.07) is 17.5. The first-order valence-electron chi connectivity index (χ1n) is 11.6. The number of aliphatic hydroxyl groups excluding tert-OH is 1. The van der Waals surface area contributed by atoms with Crippen LogP contribution in [0.4, 0.5) is 5.69 Å². The number of fused-ring (bicyclic) bond motifs is 1. The van der Waals surface area contributed by atoms with Gasteiger partial charge in [-0.3, -0.25) is 0 Å². The molecule has 1 aromatic heterocycles. The lowest BCUT2D eigenvalue weighted by atomic mass is 9.92. The fraction of sp³-hybridized carbons (Fsp3) is 0.462. The molecule has 1 heterocycles. The van der Waals surface area contributed by atoms with Crippen LogP contribution in [0.25, 0.3) is 22.2 Å². The minimum Gasteiger partial charge on any atom is -0.494 e. The molecule has 2 aliphatic carbocycles. The third-order valence-electron chi connectivity index (χ3n) is 6.66. The highest BCUT2D eigenvalue weighted by Gasteiger charge is 2.30. The number of hydrogen-bond acceptors (Lipinski definition) is 4. The normalized spacial score (nSPS) is 18.5. The van der Waals surface area contributed by atoms with Crippen LogP contribution >= 0.6 is 0 Å². The monoisotopic (exact) mass is 420 g/mol. The Bertz CT molecular complexity index is 1030. The zero-order valence-electron chi connectivity index (χ0n) is 18.4. The summed E-state index contributed by atoms with van der Waals surface area (Å²) in [7, 11) is 0. The fourth-order valence-electron chi connectivity index (χ4n) is 4.51. The van der Waals surface area contributed by atoms with E-state index in [1.165, 1.54) is 54.3 Å². The van der Waals surface area contributed by atoms with Crippen LogP contribution in [0.1, 0.15) is 52.0 Å². The highest BCUT2D eigenvalue weighted by molar-refractivity contribution is 5.88. The van der Waals surface area contributed by atoms with Crippen molar-refractivity contribution in [3.63, 3.8) is 0 Å². The summed E-state index contributed by atoms with van der Waals surface area (Å²) in [4.78, 5) is 0. The molecule has 0 saturated heterocycles.